The molecule has 2 aromatic rings. The van der Waals surface area contributed by atoms with Crippen LogP contribution >= 0.6 is 23.4 Å². The molecule has 0 spiro atoms. The largest absolute Gasteiger partial charge is 0.493 e. The molecule has 0 aromatic heterocycles. The summed E-state index contributed by atoms with van der Waals surface area (Å²) in [4.78, 5) is 13.2. The van der Waals surface area contributed by atoms with Gasteiger partial charge in [-0.15, -0.1) is 11.8 Å². The van der Waals surface area contributed by atoms with Crippen LogP contribution in [0.4, 0.5) is 0 Å². The molecule has 1 atom stereocenters. The maximum absolute atomic E-state index is 12.3. The molecule has 2 aromatic carbocycles. The Hall–Kier alpha value is -2.18. The van der Waals surface area contributed by atoms with Crippen LogP contribution in [-0.2, 0) is 4.79 Å². The zero-order chi connectivity index (χ0) is 19.1. The standard InChI is InChI=1S/C19H21ClN2O3S/c1-12(14-5-10-17(24-3)18(11-14)25-4)21-22-19(23)13(2)26-16-8-6-15(20)7-9-16/h5-11,13H,1-4H3,(H,22,23)/b21-12-/t13-/m0/s1. The number of carbonyl (C=O) groups excluding carboxylic acids is 1. The average molecular weight is 393 g/mol. The van der Waals surface area contributed by atoms with E-state index in [1.54, 1.807) is 32.4 Å². The molecule has 2 rings (SSSR count). The van der Waals surface area contributed by atoms with Gasteiger partial charge in [0.25, 0.3) is 5.91 Å². The van der Waals surface area contributed by atoms with Crippen LogP contribution in [0.1, 0.15) is 19.4 Å². The molecule has 0 radical (unpaired) electrons. The SMILES string of the molecule is COc1ccc(/C(C)=N\NC(=O)[C@H](C)Sc2ccc(Cl)cc2)cc1OC. The second-order valence-electron chi connectivity index (χ2n) is 5.46. The van der Waals surface area contributed by atoms with Crippen LogP contribution in [0.2, 0.25) is 5.02 Å². The second-order valence-corrected chi connectivity index (χ2v) is 7.31. The Morgan fingerprint density at radius 1 is 1.12 bits per heavy atom. The summed E-state index contributed by atoms with van der Waals surface area (Å²) in [5, 5.41) is 4.56. The number of hydrazone groups is 1. The molecular formula is C19H21ClN2O3S. The van der Waals surface area contributed by atoms with E-state index in [0.717, 1.165) is 10.5 Å². The molecule has 0 saturated heterocycles. The number of methoxy groups -OCH3 is 2. The molecule has 0 aliphatic carbocycles. The quantitative estimate of drug-likeness (QED) is 0.431. The molecule has 1 N–H and O–H groups in total. The van der Waals surface area contributed by atoms with Gasteiger partial charge >= 0.3 is 0 Å². The zero-order valence-corrected chi connectivity index (χ0v) is 16.6. The predicted octanol–water partition coefficient (Wildman–Crippen LogP) is 4.38. The monoisotopic (exact) mass is 392 g/mol. The highest BCUT2D eigenvalue weighted by atomic mass is 35.5. The molecule has 0 heterocycles. The third kappa shape index (κ3) is 5.41. The number of thioether (sulfide) groups is 1. The van der Waals surface area contributed by atoms with Gasteiger partial charge < -0.3 is 9.47 Å². The fraction of sp³-hybridized carbons (Fsp3) is 0.263. The number of hydrogen-bond donors (Lipinski definition) is 1. The average Bonchev–Trinajstić information content (AvgIpc) is 2.66. The second kappa shape index (κ2) is 9.50. The summed E-state index contributed by atoms with van der Waals surface area (Å²) in [7, 11) is 3.16. The van der Waals surface area contributed by atoms with Crippen LogP contribution in [0, 0.1) is 0 Å². The van der Waals surface area contributed by atoms with E-state index in [0.29, 0.717) is 22.2 Å². The molecule has 0 fully saturated rings. The van der Waals surface area contributed by atoms with E-state index in [4.69, 9.17) is 21.1 Å². The van der Waals surface area contributed by atoms with Gasteiger partial charge in [-0.1, -0.05) is 11.6 Å². The number of benzene rings is 2. The summed E-state index contributed by atoms with van der Waals surface area (Å²) in [5.41, 5.74) is 4.11. The third-order valence-electron chi connectivity index (χ3n) is 3.63. The lowest BCUT2D eigenvalue weighted by atomic mass is 10.1. The number of ether oxygens (including phenoxy) is 2. The van der Waals surface area contributed by atoms with Crippen LogP contribution in [0.15, 0.2) is 52.5 Å². The van der Waals surface area contributed by atoms with Gasteiger partial charge in [-0.05, 0) is 56.3 Å². The van der Waals surface area contributed by atoms with E-state index in [1.165, 1.54) is 11.8 Å². The van der Waals surface area contributed by atoms with Crippen LogP contribution < -0.4 is 14.9 Å². The molecule has 7 heteroatoms. The van der Waals surface area contributed by atoms with Crippen molar-refractivity contribution in [1.82, 2.24) is 5.43 Å². The Morgan fingerprint density at radius 2 is 1.77 bits per heavy atom. The molecule has 0 saturated carbocycles. The van der Waals surface area contributed by atoms with Crippen molar-refractivity contribution in [2.45, 2.75) is 24.0 Å². The summed E-state index contributed by atoms with van der Waals surface area (Å²) in [6.07, 6.45) is 0. The Bertz CT molecular complexity index is 794. The van der Waals surface area contributed by atoms with Crippen molar-refractivity contribution in [1.29, 1.82) is 0 Å². The molecule has 0 aliphatic rings. The summed E-state index contributed by atoms with van der Waals surface area (Å²) in [6, 6.07) is 12.8. The third-order valence-corrected chi connectivity index (χ3v) is 4.99. The zero-order valence-electron chi connectivity index (χ0n) is 15.1. The van der Waals surface area contributed by atoms with E-state index < -0.39 is 0 Å². The van der Waals surface area contributed by atoms with Crippen LogP contribution in [0.5, 0.6) is 11.5 Å². The lowest BCUT2D eigenvalue weighted by Crippen LogP contribution is -2.27. The van der Waals surface area contributed by atoms with Crippen molar-refractivity contribution < 1.29 is 14.3 Å². The molecule has 138 valence electrons. The first-order valence-electron chi connectivity index (χ1n) is 7.93. The summed E-state index contributed by atoms with van der Waals surface area (Å²) in [5.74, 6) is 1.07. The lowest BCUT2D eigenvalue weighted by Gasteiger charge is -2.11. The number of hydrogen-bond acceptors (Lipinski definition) is 5. The van der Waals surface area contributed by atoms with Crippen molar-refractivity contribution in [3.05, 3.63) is 53.1 Å². The van der Waals surface area contributed by atoms with Gasteiger partial charge in [0.2, 0.25) is 0 Å². The van der Waals surface area contributed by atoms with Gasteiger partial charge in [0, 0.05) is 15.5 Å². The first kappa shape index (κ1) is 20.1. The van der Waals surface area contributed by atoms with Gasteiger partial charge in [0.15, 0.2) is 11.5 Å². The maximum atomic E-state index is 12.3. The number of nitrogens with one attached hydrogen (secondary N) is 1. The highest BCUT2D eigenvalue weighted by Gasteiger charge is 2.14. The molecule has 5 nitrogen and oxygen atoms in total. The van der Waals surface area contributed by atoms with E-state index >= 15 is 0 Å². The lowest BCUT2D eigenvalue weighted by molar-refractivity contribution is -0.120. The van der Waals surface area contributed by atoms with Crippen molar-refractivity contribution in [2.75, 3.05) is 14.2 Å². The van der Waals surface area contributed by atoms with E-state index in [2.05, 4.69) is 10.5 Å². The Morgan fingerprint density at radius 3 is 2.38 bits per heavy atom. The molecule has 0 unspecified atom stereocenters. The Kier molecular flexibility index (Phi) is 7.36. The van der Waals surface area contributed by atoms with Gasteiger partial charge in [-0.2, -0.15) is 5.10 Å². The first-order valence-corrected chi connectivity index (χ1v) is 9.19. The van der Waals surface area contributed by atoms with Crippen molar-refractivity contribution in [3.8, 4) is 11.5 Å². The van der Waals surface area contributed by atoms with E-state index in [1.807, 2.05) is 38.1 Å². The van der Waals surface area contributed by atoms with Gasteiger partial charge in [0.05, 0.1) is 25.2 Å². The van der Waals surface area contributed by atoms with Crippen molar-refractivity contribution in [2.24, 2.45) is 5.10 Å². The van der Waals surface area contributed by atoms with Gasteiger partial charge in [0.1, 0.15) is 0 Å². The van der Waals surface area contributed by atoms with Gasteiger partial charge in [-0.3, -0.25) is 4.79 Å². The minimum atomic E-state index is -0.293. The Balaban J connectivity index is 2.00. The van der Waals surface area contributed by atoms with Crippen LogP contribution in [0.25, 0.3) is 0 Å². The highest BCUT2D eigenvalue weighted by Crippen LogP contribution is 2.28. The highest BCUT2D eigenvalue weighted by molar-refractivity contribution is 8.00. The number of rotatable bonds is 7. The van der Waals surface area contributed by atoms with Crippen LogP contribution in [0.3, 0.4) is 0 Å². The predicted molar refractivity (Wildman–Crippen MR) is 107 cm³/mol. The minimum absolute atomic E-state index is 0.176. The van der Waals surface area contributed by atoms with E-state index in [-0.39, 0.29) is 11.2 Å². The molecule has 1 amide bonds. The molecular weight excluding hydrogens is 372 g/mol. The molecule has 26 heavy (non-hydrogen) atoms. The smallest absolute Gasteiger partial charge is 0.253 e. The normalized spacial score (nSPS) is 12.4. The maximum Gasteiger partial charge on any atom is 0.253 e. The van der Waals surface area contributed by atoms with E-state index in [9.17, 15) is 4.79 Å². The number of carbonyl (C=O) groups is 1. The molecule has 0 aliphatic heterocycles. The number of halogens is 1. The fourth-order valence-corrected chi connectivity index (χ4v) is 3.11. The van der Waals surface area contributed by atoms with Gasteiger partial charge in [-0.25, -0.2) is 5.43 Å². The fourth-order valence-electron chi connectivity index (χ4n) is 2.13. The van der Waals surface area contributed by atoms with Crippen molar-refractivity contribution in [3.63, 3.8) is 0 Å². The topological polar surface area (TPSA) is 59.9 Å². The number of nitrogens with zero attached hydrogens (tertiary/aromatic N) is 1. The Labute approximate surface area is 162 Å². The van der Waals surface area contributed by atoms with Crippen molar-refractivity contribution >= 4 is 35.0 Å². The summed E-state index contributed by atoms with van der Waals surface area (Å²) in [6.45, 7) is 3.65. The minimum Gasteiger partial charge on any atom is -0.493 e. The summed E-state index contributed by atoms with van der Waals surface area (Å²) >= 11 is 7.31. The first-order chi connectivity index (χ1) is 12.4. The molecule has 0 bridgehead atoms. The number of amides is 1. The van der Waals surface area contributed by atoms with Crippen LogP contribution in [-0.4, -0.2) is 31.1 Å². The summed E-state index contributed by atoms with van der Waals surface area (Å²) < 4.78 is 10.5.